The molecule has 5 rings (SSSR count). The molecule has 2 bridgehead atoms. The average Bonchev–Trinajstić information content (AvgIpc) is 2.93. The molecule has 4 aliphatic heterocycles. The Kier molecular flexibility index (Phi) is 4.91. The molecule has 0 spiro atoms. The Morgan fingerprint density at radius 2 is 1.86 bits per heavy atom. The van der Waals surface area contributed by atoms with Gasteiger partial charge in [-0.3, -0.25) is 4.79 Å². The predicted octanol–water partition coefficient (Wildman–Crippen LogP) is 2.45. The highest BCUT2D eigenvalue weighted by molar-refractivity contribution is 5.89. The standard InChI is InChI=1S/C20H23N3O6/c1-4-27-19(25)21-15-10-12(2)16(17-13(3)18(24)22(17)21)23(29-15)20(26)28-11-14-8-6-5-7-9-14/h5-10,13,15-17H,4,11H2,1-3H3. The molecule has 4 heterocycles. The minimum absolute atomic E-state index is 0.0874. The molecule has 0 saturated carbocycles. The van der Waals surface area contributed by atoms with Crippen molar-refractivity contribution in [2.45, 2.75) is 45.7 Å². The van der Waals surface area contributed by atoms with Gasteiger partial charge in [0.25, 0.3) is 0 Å². The van der Waals surface area contributed by atoms with E-state index in [1.54, 1.807) is 19.9 Å². The monoisotopic (exact) mass is 401 g/mol. The lowest BCUT2D eigenvalue weighted by Crippen LogP contribution is -2.71. The van der Waals surface area contributed by atoms with E-state index in [1.807, 2.05) is 37.3 Å². The van der Waals surface area contributed by atoms with E-state index in [-0.39, 0.29) is 25.0 Å². The average molecular weight is 401 g/mol. The molecule has 29 heavy (non-hydrogen) atoms. The van der Waals surface area contributed by atoms with Crippen LogP contribution in [-0.4, -0.2) is 58.1 Å². The van der Waals surface area contributed by atoms with Crippen LogP contribution in [0.2, 0.25) is 0 Å². The van der Waals surface area contributed by atoms with Gasteiger partial charge in [0.05, 0.1) is 18.6 Å². The van der Waals surface area contributed by atoms with E-state index >= 15 is 0 Å². The van der Waals surface area contributed by atoms with Crippen molar-refractivity contribution < 1.29 is 28.7 Å². The number of hydroxylamine groups is 2. The molecule has 2 saturated heterocycles. The predicted molar refractivity (Wildman–Crippen MR) is 99.5 cm³/mol. The zero-order valence-electron chi connectivity index (χ0n) is 16.5. The summed E-state index contributed by atoms with van der Waals surface area (Å²) in [5, 5.41) is 3.63. The number of ether oxygens (including phenoxy) is 2. The Balaban J connectivity index is 1.60. The molecular formula is C20H23N3O6. The van der Waals surface area contributed by atoms with Gasteiger partial charge in [-0.05, 0) is 31.1 Å². The largest absolute Gasteiger partial charge is 0.448 e. The zero-order valence-corrected chi connectivity index (χ0v) is 16.5. The van der Waals surface area contributed by atoms with Crippen LogP contribution in [0.5, 0.6) is 0 Å². The number of hydrazine groups is 1. The fourth-order valence-corrected chi connectivity index (χ4v) is 3.98. The second-order valence-corrected chi connectivity index (χ2v) is 7.22. The van der Waals surface area contributed by atoms with Crippen molar-refractivity contribution >= 4 is 18.1 Å². The molecular weight excluding hydrogens is 378 g/mol. The summed E-state index contributed by atoms with van der Waals surface area (Å²) >= 11 is 0. The molecule has 0 aliphatic carbocycles. The van der Waals surface area contributed by atoms with Crippen LogP contribution in [-0.2, 0) is 25.7 Å². The van der Waals surface area contributed by atoms with E-state index in [2.05, 4.69) is 0 Å². The van der Waals surface area contributed by atoms with E-state index in [1.165, 1.54) is 5.01 Å². The fourth-order valence-electron chi connectivity index (χ4n) is 3.98. The quantitative estimate of drug-likeness (QED) is 0.571. The van der Waals surface area contributed by atoms with Crippen molar-refractivity contribution in [1.29, 1.82) is 0 Å². The van der Waals surface area contributed by atoms with Gasteiger partial charge in [-0.2, -0.15) is 10.1 Å². The van der Waals surface area contributed by atoms with Crippen LogP contribution in [0.15, 0.2) is 42.0 Å². The lowest BCUT2D eigenvalue weighted by molar-refractivity contribution is -0.219. The van der Waals surface area contributed by atoms with Gasteiger partial charge in [-0.15, -0.1) is 0 Å². The molecule has 4 aliphatic rings. The maximum atomic E-state index is 12.8. The number of β-lactam (4-membered cyclic amide) rings is 1. The molecule has 4 atom stereocenters. The van der Waals surface area contributed by atoms with Gasteiger partial charge in [0.2, 0.25) is 12.1 Å². The fraction of sp³-hybridized carbons (Fsp3) is 0.450. The van der Waals surface area contributed by atoms with Gasteiger partial charge in [-0.25, -0.2) is 19.4 Å². The first kappa shape index (κ1) is 19.3. The number of amides is 3. The molecule has 0 aromatic heterocycles. The lowest BCUT2D eigenvalue weighted by atomic mass is 9.82. The molecule has 3 amide bonds. The molecule has 154 valence electrons. The topological polar surface area (TPSA) is 88.6 Å². The van der Waals surface area contributed by atoms with Crippen molar-refractivity contribution in [3.8, 4) is 0 Å². The van der Waals surface area contributed by atoms with Crippen LogP contribution < -0.4 is 0 Å². The summed E-state index contributed by atoms with van der Waals surface area (Å²) in [4.78, 5) is 43.7. The Labute approximate surface area is 168 Å². The van der Waals surface area contributed by atoms with Crippen LogP contribution in [0.4, 0.5) is 9.59 Å². The molecule has 9 heteroatoms. The summed E-state index contributed by atoms with van der Waals surface area (Å²) < 4.78 is 10.5. The Bertz CT molecular complexity index is 857. The van der Waals surface area contributed by atoms with Gasteiger partial charge >= 0.3 is 12.2 Å². The van der Waals surface area contributed by atoms with Gasteiger partial charge < -0.3 is 9.47 Å². The van der Waals surface area contributed by atoms with Crippen LogP contribution in [0.1, 0.15) is 26.3 Å². The molecule has 4 unspecified atom stereocenters. The molecule has 0 radical (unpaired) electrons. The van der Waals surface area contributed by atoms with Gasteiger partial charge in [0, 0.05) is 0 Å². The van der Waals surface area contributed by atoms with E-state index in [9.17, 15) is 14.4 Å². The number of nitrogens with zero attached hydrogens (tertiary/aromatic N) is 3. The van der Waals surface area contributed by atoms with E-state index < -0.39 is 30.5 Å². The normalized spacial score (nSPS) is 27.6. The van der Waals surface area contributed by atoms with Crippen molar-refractivity contribution in [1.82, 2.24) is 15.1 Å². The highest BCUT2D eigenvalue weighted by Crippen LogP contribution is 2.43. The number of carbonyl (C=O) groups is 3. The smallest absolute Gasteiger partial charge is 0.435 e. The number of hydrogen-bond acceptors (Lipinski definition) is 6. The number of rotatable bonds is 3. The highest BCUT2D eigenvalue weighted by atomic mass is 16.8. The Morgan fingerprint density at radius 1 is 1.14 bits per heavy atom. The Morgan fingerprint density at radius 3 is 2.55 bits per heavy atom. The van der Waals surface area contributed by atoms with E-state index in [0.29, 0.717) is 0 Å². The van der Waals surface area contributed by atoms with Crippen LogP contribution in [0.25, 0.3) is 0 Å². The van der Waals surface area contributed by atoms with Crippen LogP contribution in [0, 0.1) is 5.92 Å². The minimum Gasteiger partial charge on any atom is -0.448 e. The first-order valence-electron chi connectivity index (χ1n) is 9.58. The Hall–Kier alpha value is -3.07. The summed E-state index contributed by atoms with van der Waals surface area (Å²) in [6.45, 7) is 5.54. The van der Waals surface area contributed by atoms with E-state index in [4.69, 9.17) is 14.3 Å². The van der Waals surface area contributed by atoms with Crippen molar-refractivity contribution in [2.75, 3.05) is 6.61 Å². The first-order chi connectivity index (χ1) is 13.9. The third-order valence-electron chi connectivity index (χ3n) is 5.39. The third-order valence-corrected chi connectivity index (χ3v) is 5.39. The number of benzene rings is 1. The lowest BCUT2D eigenvalue weighted by Gasteiger charge is -2.50. The SMILES string of the molecule is CCOC(=O)N1C2C=C(C)C(C3C(C)C(=O)N31)N(C(=O)OCc1ccccc1)O2. The molecule has 2 fully saturated rings. The maximum Gasteiger partial charge on any atom is 0.435 e. The highest BCUT2D eigenvalue weighted by Gasteiger charge is 2.61. The number of fused-ring (bicyclic) bond motifs is 1. The molecule has 0 N–H and O–H groups in total. The number of hydrogen-bond donors (Lipinski definition) is 0. The van der Waals surface area contributed by atoms with E-state index in [0.717, 1.165) is 21.2 Å². The maximum absolute atomic E-state index is 12.8. The summed E-state index contributed by atoms with van der Waals surface area (Å²) in [6.07, 6.45) is -0.627. The molecule has 1 aromatic carbocycles. The van der Waals surface area contributed by atoms with Gasteiger partial charge in [-0.1, -0.05) is 37.3 Å². The zero-order chi connectivity index (χ0) is 20.7. The number of carbonyl (C=O) groups excluding carboxylic acids is 3. The second-order valence-electron chi connectivity index (χ2n) is 7.22. The minimum atomic E-state index is -0.976. The van der Waals surface area contributed by atoms with Crippen LogP contribution in [0.3, 0.4) is 0 Å². The summed E-state index contributed by atoms with van der Waals surface area (Å²) in [6, 6.07) is 8.30. The van der Waals surface area contributed by atoms with Crippen molar-refractivity contribution in [2.24, 2.45) is 5.92 Å². The van der Waals surface area contributed by atoms with Gasteiger partial charge in [0.15, 0.2) is 0 Å². The summed E-state index contributed by atoms with van der Waals surface area (Å²) in [7, 11) is 0. The second kappa shape index (κ2) is 7.40. The van der Waals surface area contributed by atoms with Crippen molar-refractivity contribution in [3.05, 3.63) is 47.5 Å². The summed E-state index contributed by atoms with van der Waals surface area (Å²) in [5.41, 5.74) is 1.66. The van der Waals surface area contributed by atoms with Crippen molar-refractivity contribution in [3.63, 3.8) is 0 Å². The van der Waals surface area contributed by atoms with Crippen LogP contribution >= 0.6 is 0 Å². The molecule has 9 nitrogen and oxygen atoms in total. The third kappa shape index (κ3) is 3.11. The molecule has 1 aromatic rings. The van der Waals surface area contributed by atoms with Gasteiger partial charge in [0.1, 0.15) is 12.6 Å². The summed E-state index contributed by atoms with van der Waals surface area (Å²) in [5.74, 6) is -0.602. The first-order valence-corrected chi connectivity index (χ1v) is 9.58.